The second-order valence-electron chi connectivity index (χ2n) is 2.83. The number of rotatable bonds is 2. The molecule has 3 nitrogen and oxygen atoms in total. The Hall–Kier alpha value is -1.12. The molecular weight excluding hydrogens is 245 g/mol. The predicted octanol–water partition coefficient (Wildman–Crippen LogP) is 1.10. The monoisotopic (exact) mass is 255 g/mol. The van der Waals surface area contributed by atoms with Crippen LogP contribution in [0.2, 0.25) is 5.32 Å². The summed E-state index contributed by atoms with van der Waals surface area (Å²) in [7, 11) is 1.63. The van der Waals surface area contributed by atoms with Crippen molar-refractivity contribution in [2.24, 2.45) is 4.99 Å². The van der Waals surface area contributed by atoms with Crippen LogP contribution in [-0.4, -0.2) is 32.6 Å². The van der Waals surface area contributed by atoms with E-state index in [0.29, 0.717) is 5.32 Å². The summed E-state index contributed by atoms with van der Waals surface area (Å²) in [5, 5.41) is 0.606. The number of hydrogen-bond acceptors (Lipinski definition) is 2. The van der Waals surface area contributed by atoms with Crippen LogP contribution in [0.3, 0.4) is 0 Å². The van der Waals surface area contributed by atoms with Crippen LogP contribution in [0.5, 0.6) is 5.75 Å². The van der Waals surface area contributed by atoms with Crippen molar-refractivity contribution in [2.75, 3.05) is 7.11 Å². The summed E-state index contributed by atoms with van der Waals surface area (Å²) in [6.07, 6.45) is 0. The van der Waals surface area contributed by atoms with Crippen molar-refractivity contribution in [3.05, 3.63) is 29.8 Å². The van der Waals surface area contributed by atoms with Crippen LogP contribution in [0, 0.1) is 0 Å². The molecule has 14 heavy (non-hydrogen) atoms. The second kappa shape index (κ2) is 3.94. The fourth-order valence-corrected chi connectivity index (χ4v) is 2.85. The maximum atomic E-state index is 11.0. The third-order valence-corrected chi connectivity index (χ3v) is 3.98. The Balaban J connectivity index is 2.25. The summed E-state index contributed by atoms with van der Waals surface area (Å²) < 4.78 is 6.00. The van der Waals surface area contributed by atoms with E-state index in [9.17, 15) is 4.79 Å². The zero-order chi connectivity index (χ0) is 9.97. The van der Waals surface area contributed by atoms with E-state index < -0.39 is 0 Å². The van der Waals surface area contributed by atoms with Gasteiger partial charge < -0.3 is 0 Å². The molecule has 0 atom stereocenters. The van der Waals surface area contributed by atoms with Crippen LogP contribution in [0.1, 0.15) is 5.56 Å². The third-order valence-electron chi connectivity index (χ3n) is 1.90. The van der Waals surface area contributed by atoms with E-state index in [4.69, 9.17) is 4.74 Å². The first-order valence-corrected chi connectivity index (χ1v) is 6.25. The average molecular weight is 254 g/mol. The van der Waals surface area contributed by atoms with Gasteiger partial charge in [0, 0.05) is 0 Å². The molecule has 1 aromatic carbocycles. The normalized spacial score (nSPS) is 15.5. The number of amides is 1. The Labute approximate surface area is 88.3 Å². The van der Waals surface area contributed by atoms with Crippen molar-refractivity contribution in [1.29, 1.82) is 0 Å². The quantitative estimate of drug-likeness (QED) is 0.741. The molecule has 2 rings (SSSR count). The van der Waals surface area contributed by atoms with Gasteiger partial charge in [-0.15, -0.1) is 0 Å². The summed E-state index contributed by atoms with van der Waals surface area (Å²) in [6, 6.07) is 7.66. The molecule has 1 aliphatic heterocycles. The van der Waals surface area contributed by atoms with Crippen LogP contribution in [0.15, 0.2) is 29.3 Å². The third kappa shape index (κ3) is 1.86. The molecule has 0 bridgehead atoms. The van der Waals surface area contributed by atoms with Gasteiger partial charge in [-0.1, -0.05) is 0 Å². The van der Waals surface area contributed by atoms with Gasteiger partial charge in [0.15, 0.2) is 0 Å². The number of aliphatic imine (C=N–C) groups is 1. The molecule has 0 aliphatic carbocycles. The molecule has 0 saturated carbocycles. The first-order valence-electron chi connectivity index (χ1n) is 4.18. The molecule has 0 N–H and O–H groups in total. The number of hydrogen-bond donors (Lipinski definition) is 0. The van der Waals surface area contributed by atoms with Crippen LogP contribution in [-0.2, 0) is 4.79 Å². The Morgan fingerprint density at radius 2 is 2.07 bits per heavy atom. The molecule has 0 fully saturated rings. The first-order chi connectivity index (χ1) is 6.79. The number of nitrogens with zero attached hydrogens (tertiary/aromatic N) is 1. The van der Waals surface area contributed by atoms with E-state index in [2.05, 4.69) is 4.99 Å². The van der Waals surface area contributed by atoms with E-state index >= 15 is 0 Å². The molecule has 1 amide bonds. The van der Waals surface area contributed by atoms with Crippen molar-refractivity contribution < 1.29 is 9.53 Å². The van der Waals surface area contributed by atoms with E-state index in [0.717, 1.165) is 15.9 Å². The second-order valence-corrected chi connectivity index (χ2v) is 4.85. The number of carbonyl (C=O) groups is 1. The van der Waals surface area contributed by atoms with Crippen LogP contribution >= 0.6 is 0 Å². The molecule has 4 heteroatoms. The van der Waals surface area contributed by atoms with Gasteiger partial charge in [0.05, 0.1) is 0 Å². The Bertz CT molecular complexity index is 384. The van der Waals surface area contributed by atoms with Crippen molar-refractivity contribution >= 4 is 25.5 Å². The topological polar surface area (TPSA) is 38.7 Å². The van der Waals surface area contributed by atoms with Gasteiger partial charge in [0.2, 0.25) is 0 Å². The minimum atomic E-state index is 0.0100. The Kier molecular flexibility index (Phi) is 2.66. The van der Waals surface area contributed by atoms with Crippen molar-refractivity contribution in [3.8, 4) is 5.75 Å². The number of methoxy groups -OCH3 is 1. The molecular formula is C10H9NO2Se. The van der Waals surface area contributed by atoms with Crippen LogP contribution < -0.4 is 4.74 Å². The van der Waals surface area contributed by atoms with E-state index in [1.54, 1.807) is 7.11 Å². The SMILES string of the molecule is COc1ccc(C2=NC(=O)C[Se]2)cc1. The van der Waals surface area contributed by atoms with E-state index in [-0.39, 0.29) is 20.9 Å². The Morgan fingerprint density at radius 1 is 1.36 bits per heavy atom. The summed E-state index contributed by atoms with van der Waals surface area (Å²) >= 11 is 0.214. The van der Waals surface area contributed by atoms with E-state index in [1.807, 2.05) is 24.3 Å². The Morgan fingerprint density at radius 3 is 2.57 bits per heavy atom. The van der Waals surface area contributed by atoms with Gasteiger partial charge in [-0.05, 0) is 0 Å². The molecule has 1 aliphatic rings. The van der Waals surface area contributed by atoms with Gasteiger partial charge >= 0.3 is 88.0 Å². The fourth-order valence-electron chi connectivity index (χ4n) is 1.19. The first kappa shape index (κ1) is 9.44. The van der Waals surface area contributed by atoms with Gasteiger partial charge in [-0.3, -0.25) is 0 Å². The summed E-state index contributed by atoms with van der Waals surface area (Å²) in [4.78, 5) is 14.9. The summed E-state index contributed by atoms with van der Waals surface area (Å²) in [6.45, 7) is 0. The van der Waals surface area contributed by atoms with E-state index in [1.165, 1.54) is 0 Å². The molecule has 72 valence electrons. The molecule has 0 radical (unpaired) electrons. The van der Waals surface area contributed by atoms with Gasteiger partial charge in [-0.25, -0.2) is 0 Å². The summed E-state index contributed by atoms with van der Waals surface area (Å²) in [5.41, 5.74) is 1.04. The number of carbonyl (C=O) groups excluding carboxylic acids is 1. The molecule has 1 aromatic rings. The molecule has 0 unspecified atom stereocenters. The maximum absolute atomic E-state index is 11.0. The molecule has 0 spiro atoms. The standard InChI is InChI=1S/C10H9NO2Se/c1-13-8-4-2-7(3-5-8)10-11-9(12)6-14-10/h2-5H,6H2,1H3. The number of benzene rings is 1. The summed E-state index contributed by atoms with van der Waals surface area (Å²) in [5.74, 6) is 0.835. The molecule has 0 aromatic heterocycles. The van der Waals surface area contributed by atoms with Gasteiger partial charge in [0.25, 0.3) is 0 Å². The zero-order valence-electron chi connectivity index (χ0n) is 7.69. The van der Waals surface area contributed by atoms with Crippen LogP contribution in [0.4, 0.5) is 0 Å². The van der Waals surface area contributed by atoms with Gasteiger partial charge in [-0.2, -0.15) is 0 Å². The minimum absolute atomic E-state index is 0.0100. The van der Waals surface area contributed by atoms with Crippen LogP contribution in [0.25, 0.3) is 0 Å². The van der Waals surface area contributed by atoms with Crippen molar-refractivity contribution in [3.63, 3.8) is 0 Å². The zero-order valence-corrected chi connectivity index (χ0v) is 9.40. The fraction of sp³-hybridized carbons (Fsp3) is 0.200. The predicted molar refractivity (Wildman–Crippen MR) is 55.1 cm³/mol. The van der Waals surface area contributed by atoms with Crippen molar-refractivity contribution in [1.82, 2.24) is 0 Å². The van der Waals surface area contributed by atoms with Gasteiger partial charge in [0.1, 0.15) is 0 Å². The average Bonchev–Trinajstić information content (AvgIpc) is 2.65. The number of ether oxygens (including phenoxy) is 1. The molecule has 1 heterocycles. The van der Waals surface area contributed by atoms with Crippen molar-refractivity contribution in [2.45, 2.75) is 5.32 Å². The molecule has 0 saturated heterocycles.